The molecule has 1 atom stereocenters. The maximum absolute atomic E-state index is 13.4. The van der Waals surface area contributed by atoms with Gasteiger partial charge in [-0.25, -0.2) is 0 Å². The molecule has 5 nitrogen and oxygen atoms in total. The highest BCUT2D eigenvalue weighted by Crippen LogP contribution is 2.38. The standard InChI is InChI=1S/C27H27ClN2O3/c1-18-5-2-3-7-23(18)26(32)29-22-11-8-20(9-12-22)27(33)30-15-4-6-19(14-16-31)24-17-21(28)10-13-25(24)30/h2-3,5,7-13,17,19,31H,4,6,14-16H2,1H3,(H,29,32). The summed E-state index contributed by atoms with van der Waals surface area (Å²) in [5, 5.41) is 13.0. The summed E-state index contributed by atoms with van der Waals surface area (Å²) in [5.41, 5.74) is 4.55. The van der Waals surface area contributed by atoms with Crippen molar-refractivity contribution in [3.05, 3.63) is 94.0 Å². The second-order valence-corrected chi connectivity index (χ2v) is 8.79. The molecule has 0 bridgehead atoms. The molecule has 1 aliphatic heterocycles. The Labute approximate surface area is 199 Å². The van der Waals surface area contributed by atoms with Crippen LogP contribution < -0.4 is 10.2 Å². The summed E-state index contributed by atoms with van der Waals surface area (Å²) in [6.45, 7) is 2.59. The molecule has 1 unspecified atom stereocenters. The van der Waals surface area contributed by atoms with Crippen LogP contribution in [0.25, 0.3) is 0 Å². The molecule has 6 heteroatoms. The van der Waals surface area contributed by atoms with E-state index >= 15 is 0 Å². The van der Waals surface area contributed by atoms with E-state index < -0.39 is 0 Å². The molecule has 3 aromatic rings. The second-order valence-electron chi connectivity index (χ2n) is 8.36. The Kier molecular flexibility index (Phi) is 7.11. The van der Waals surface area contributed by atoms with Gasteiger partial charge in [-0.15, -0.1) is 0 Å². The number of aliphatic hydroxyl groups is 1. The summed E-state index contributed by atoms with van der Waals surface area (Å²) < 4.78 is 0. The molecule has 33 heavy (non-hydrogen) atoms. The van der Waals surface area contributed by atoms with Gasteiger partial charge in [0.15, 0.2) is 0 Å². The molecule has 0 saturated heterocycles. The summed E-state index contributed by atoms with van der Waals surface area (Å²) in [6, 6.07) is 20.0. The van der Waals surface area contributed by atoms with Crippen molar-refractivity contribution in [3.63, 3.8) is 0 Å². The van der Waals surface area contributed by atoms with Crippen LogP contribution in [0.2, 0.25) is 5.02 Å². The molecule has 2 amide bonds. The smallest absolute Gasteiger partial charge is 0.258 e. The Morgan fingerprint density at radius 3 is 2.58 bits per heavy atom. The molecule has 4 rings (SSSR count). The number of benzene rings is 3. The van der Waals surface area contributed by atoms with Gasteiger partial charge in [0, 0.05) is 40.7 Å². The molecule has 0 aromatic heterocycles. The minimum atomic E-state index is -0.180. The largest absolute Gasteiger partial charge is 0.396 e. The molecule has 1 heterocycles. The van der Waals surface area contributed by atoms with Gasteiger partial charge in [-0.05, 0) is 91.8 Å². The summed E-state index contributed by atoms with van der Waals surface area (Å²) >= 11 is 6.25. The number of aryl methyl sites for hydroxylation is 1. The van der Waals surface area contributed by atoms with E-state index in [0.717, 1.165) is 29.7 Å². The highest BCUT2D eigenvalue weighted by Gasteiger charge is 2.27. The molecule has 0 radical (unpaired) electrons. The zero-order valence-corrected chi connectivity index (χ0v) is 19.3. The Hall–Kier alpha value is -3.15. The normalized spacial score (nSPS) is 15.5. The van der Waals surface area contributed by atoms with E-state index in [4.69, 9.17) is 11.6 Å². The van der Waals surface area contributed by atoms with Crippen LogP contribution in [0.1, 0.15) is 57.0 Å². The first kappa shape index (κ1) is 23.0. The predicted octanol–water partition coefficient (Wildman–Crippen LogP) is 5.81. The van der Waals surface area contributed by atoms with E-state index in [1.807, 2.05) is 37.3 Å². The first-order valence-corrected chi connectivity index (χ1v) is 11.5. The quantitative estimate of drug-likeness (QED) is 0.502. The molecule has 2 N–H and O–H groups in total. The fourth-order valence-corrected chi connectivity index (χ4v) is 4.60. The van der Waals surface area contributed by atoms with Crippen LogP contribution in [-0.2, 0) is 0 Å². The molecule has 0 spiro atoms. The monoisotopic (exact) mass is 462 g/mol. The average Bonchev–Trinajstić information content (AvgIpc) is 2.99. The van der Waals surface area contributed by atoms with Gasteiger partial charge in [0.25, 0.3) is 11.8 Å². The number of carbonyl (C=O) groups is 2. The molecule has 170 valence electrons. The molecule has 0 aliphatic carbocycles. The first-order chi connectivity index (χ1) is 16.0. The van der Waals surface area contributed by atoms with Crippen LogP contribution in [0.5, 0.6) is 0 Å². The van der Waals surface area contributed by atoms with Gasteiger partial charge in [-0.2, -0.15) is 0 Å². The molecule has 3 aromatic carbocycles. The van der Waals surface area contributed by atoms with Gasteiger partial charge in [0.05, 0.1) is 0 Å². The lowest BCUT2D eigenvalue weighted by Gasteiger charge is -2.24. The highest BCUT2D eigenvalue weighted by molar-refractivity contribution is 6.30. The van der Waals surface area contributed by atoms with E-state index in [2.05, 4.69) is 5.32 Å². The Morgan fingerprint density at radius 1 is 1.09 bits per heavy atom. The average molecular weight is 463 g/mol. The van der Waals surface area contributed by atoms with Crippen LogP contribution in [0.3, 0.4) is 0 Å². The molecule has 0 fully saturated rings. The zero-order valence-electron chi connectivity index (χ0n) is 18.6. The fraction of sp³-hybridized carbons (Fsp3) is 0.259. The van der Waals surface area contributed by atoms with Crippen LogP contribution in [0.4, 0.5) is 11.4 Å². The number of nitrogens with zero attached hydrogens (tertiary/aromatic N) is 1. The van der Waals surface area contributed by atoms with Crippen LogP contribution in [0.15, 0.2) is 66.7 Å². The number of nitrogens with one attached hydrogen (secondary N) is 1. The summed E-state index contributed by atoms with van der Waals surface area (Å²) in [6.07, 6.45) is 2.37. The summed E-state index contributed by atoms with van der Waals surface area (Å²) in [4.78, 5) is 27.8. The van der Waals surface area contributed by atoms with Gasteiger partial charge in [0.1, 0.15) is 0 Å². The van der Waals surface area contributed by atoms with Crippen molar-refractivity contribution in [2.45, 2.75) is 32.1 Å². The SMILES string of the molecule is Cc1ccccc1C(=O)Nc1ccc(C(=O)N2CCCC(CCO)c3cc(Cl)ccc32)cc1. The minimum absolute atomic E-state index is 0.0972. The van der Waals surface area contributed by atoms with Gasteiger partial charge in [0.2, 0.25) is 0 Å². The Morgan fingerprint density at radius 2 is 1.85 bits per heavy atom. The zero-order chi connectivity index (χ0) is 23.4. The van der Waals surface area contributed by atoms with Crippen molar-refractivity contribution in [2.75, 3.05) is 23.4 Å². The second kappa shape index (κ2) is 10.2. The molecule has 0 saturated carbocycles. The maximum atomic E-state index is 13.4. The van der Waals surface area contributed by atoms with E-state index in [1.54, 1.807) is 41.3 Å². The Balaban J connectivity index is 1.55. The van der Waals surface area contributed by atoms with Crippen molar-refractivity contribution < 1.29 is 14.7 Å². The van der Waals surface area contributed by atoms with Crippen LogP contribution in [0, 0.1) is 6.92 Å². The number of anilines is 2. The predicted molar refractivity (Wildman–Crippen MR) is 132 cm³/mol. The van der Waals surface area contributed by atoms with Crippen LogP contribution >= 0.6 is 11.6 Å². The van der Waals surface area contributed by atoms with Gasteiger partial charge >= 0.3 is 0 Å². The molecule has 1 aliphatic rings. The number of aliphatic hydroxyl groups excluding tert-OH is 1. The summed E-state index contributed by atoms with van der Waals surface area (Å²) in [7, 11) is 0. The van der Waals surface area contributed by atoms with Crippen LogP contribution in [-0.4, -0.2) is 30.1 Å². The van der Waals surface area contributed by atoms with E-state index in [1.165, 1.54) is 0 Å². The van der Waals surface area contributed by atoms with Crippen molar-refractivity contribution in [2.24, 2.45) is 0 Å². The highest BCUT2D eigenvalue weighted by atomic mass is 35.5. The van der Waals surface area contributed by atoms with Crippen molar-refractivity contribution in [3.8, 4) is 0 Å². The number of halogens is 1. The number of rotatable bonds is 5. The van der Waals surface area contributed by atoms with E-state index in [-0.39, 0.29) is 24.3 Å². The third-order valence-electron chi connectivity index (χ3n) is 6.16. The number of fused-ring (bicyclic) bond motifs is 1. The topological polar surface area (TPSA) is 69.6 Å². The third-order valence-corrected chi connectivity index (χ3v) is 6.39. The fourth-order valence-electron chi connectivity index (χ4n) is 4.41. The lowest BCUT2D eigenvalue weighted by Crippen LogP contribution is -2.31. The maximum Gasteiger partial charge on any atom is 0.258 e. The molecular formula is C27H27ClN2O3. The van der Waals surface area contributed by atoms with Gasteiger partial charge < -0.3 is 15.3 Å². The minimum Gasteiger partial charge on any atom is -0.396 e. The third kappa shape index (κ3) is 5.10. The van der Waals surface area contributed by atoms with Crippen molar-refractivity contribution in [1.82, 2.24) is 0 Å². The number of hydrogen-bond acceptors (Lipinski definition) is 3. The molecular weight excluding hydrogens is 436 g/mol. The first-order valence-electron chi connectivity index (χ1n) is 11.2. The Bertz CT molecular complexity index is 1160. The van der Waals surface area contributed by atoms with Crippen molar-refractivity contribution in [1.29, 1.82) is 0 Å². The lowest BCUT2D eigenvalue weighted by molar-refractivity contribution is 0.0985. The number of amides is 2. The lowest BCUT2D eigenvalue weighted by atomic mass is 9.91. The van der Waals surface area contributed by atoms with Gasteiger partial charge in [-0.1, -0.05) is 29.8 Å². The van der Waals surface area contributed by atoms with E-state index in [9.17, 15) is 14.7 Å². The number of hydrogen-bond donors (Lipinski definition) is 2. The number of carbonyl (C=O) groups excluding carboxylic acids is 2. The van der Waals surface area contributed by atoms with E-state index in [0.29, 0.717) is 34.8 Å². The van der Waals surface area contributed by atoms with Crippen molar-refractivity contribution >= 4 is 34.8 Å². The summed E-state index contributed by atoms with van der Waals surface area (Å²) in [5.74, 6) is -0.110. The van der Waals surface area contributed by atoms with Gasteiger partial charge in [-0.3, -0.25) is 9.59 Å².